The van der Waals surface area contributed by atoms with Crippen molar-refractivity contribution in [1.29, 1.82) is 0 Å². The molecule has 0 aromatic heterocycles. The van der Waals surface area contributed by atoms with Crippen LogP contribution >= 0.6 is 0 Å². The van der Waals surface area contributed by atoms with E-state index in [1.807, 2.05) is 0 Å². The lowest BCUT2D eigenvalue weighted by atomic mass is 9.71. The normalized spacial score (nSPS) is 37.2. The van der Waals surface area contributed by atoms with E-state index in [1.165, 1.54) is 0 Å². The first kappa shape index (κ1) is 16.1. The van der Waals surface area contributed by atoms with Crippen molar-refractivity contribution in [2.24, 2.45) is 11.3 Å². The van der Waals surface area contributed by atoms with Crippen LogP contribution < -0.4 is 5.32 Å². The number of nitrogens with one attached hydrogen (secondary N) is 1. The van der Waals surface area contributed by atoms with E-state index in [1.54, 1.807) is 0 Å². The maximum atomic E-state index is 13.2. The second kappa shape index (κ2) is 6.04. The van der Waals surface area contributed by atoms with Gasteiger partial charge in [0.2, 0.25) is 11.8 Å². The molecule has 3 fully saturated rings. The number of hydrogen-bond acceptors (Lipinski definition) is 3. The second-order valence-corrected chi connectivity index (χ2v) is 7.35. The van der Waals surface area contributed by atoms with Crippen LogP contribution in [0, 0.1) is 11.3 Å². The molecule has 2 atom stereocenters. The fraction of sp³-hybridized carbons (Fsp3) is 0.938. The third-order valence-corrected chi connectivity index (χ3v) is 5.75. The van der Waals surface area contributed by atoms with Crippen molar-refractivity contribution in [3.63, 3.8) is 0 Å². The smallest absolute Gasteiger partial charge is 0.248 e. The van der Waals surface area contributed by atoms with Gasteiger partial charge in [0.25, 0.3) is 0 Å². The van der Waals surface area contributed by atoms with Crippen LogP contribution in [0.15, 0.2) is 0 Å². The van der Waals surface area contributed by atoms with E-state index >= 15 is 0 Å². The summed E-state index contributed by atoms with van der Waals surface area (Å²) in [5.74, 6) is -2.23. The number of aliphatic hydroxyl groups excluding tert-OH is 1. The Labute approximate surface area is 130 Å². The van der Waals surface area contributed by atoms with E-state index in [0.717, 1.165) is 25.9 Å². The molecule has 3 rings (SSSR count). The highest BCUT2D eigenvalue weighted by Gasteiger charge is 2.50. The zero-order chi connectivity index (χ0) is 15.8. The molecule has 3 aliphatic rings. The molecule has 1 saturated carbocycles. The molecular formula is C16H26F2N2O2. The Balaban J connectivity index is 1.60. The molecule has 2 heterocycles. The minimum atomic E-state index is -2.49. The molecule has 2 aliphatic heterocycles. The van der Waals surface area contributed by atoms with Gasteiger partial charge >= 0.3 is 0 Å². The van der Waals surface area contributed by atoms with E-state index in [0.29, 0.717) is 38.3 Å². The second-order valence-electron chi connectivity index (χ2n) is 7.35. The van der Waals surface area contributed by atoms with E-state index < -0.39 is 17.4 Å². The molecule has 0 aromatic rings. The van der Waals surface area contributed by atoms with Crippen LogP contribution in [0.5, 0.6) is 0 Å². The van der Waals surface area contributed by atoms with Crippen LogP contribution in [0.25, 0.3) is 0 Å². The van der Waals surface area contributed by atoms with Gasteiger partial charge in [-0.15, -0.1) is 0 Å². The number of piperidine rings is 2. The standard InChI is InChI=1S/C16H26F2N2O2/c17-16(18)6-2-12(3-7-16)10-20-9-4-13(21)15(11-20)5-1-8-19-14(15)22/h12-13,21H,1-11H2,(H,19,22)/t13-,15+/m0/s1. The summed E-state index contributed by atoms with van der Waals surface area (Å²) in [4.78, 5) is 14.5. The van der Waals surface area contributed by atoms with Crippen LogP contribution in [-0.2, 0) is 4.79 Å². The van der Waals surface area contributed by atoms with Gasteiger partial charge in [-0.3, -0.25) is 4.79 Å². The largest absolute Gasteiger partial charge is 0.392 e. The molecule has 6 heteroatoms. The SMILES string of the molecule is O=C1NCCC[C@]12CN(CC1CCC(F)(F)CC1)CC[C@@H]2O. The zero-order valence-corrected chi connectivity index (χ0v) is 13.0. The third-order valence-electron chi connectivity index (χ3n) is 5.75. The van der Waals surface area contributed by atoms with Gasteiger partial charge < -0.3 is 15.3 Å². The Morgan fingerprint density at radius 1 is 1.23 bits per heavy atom. The maximum Gasteiger partial charge on any atom is 0.248 e. The summed E-state index contributed by atoms with van der Waals surface area (Å²) in [7, 11) is 0. The van der Waals surface area contributed by atoms with Crippen molar-refractivity contribution in [3.05, 3.63) is 0 Å². The van der Waals surface area contributed by atoms with Crippen molar-refractivity contribution in [3.8, 4) is 0 Å². The monoisotopic (exact) mass is 316 g/mol. The Kier molecular flexibility index (Phi) is 4.42. The number of alkyl halides is 2. The number of aliphatic hydroxyl groups is 1. The van der Waals surface area contributed by atoms with Gasteiger partial charge in [0.1, 0.15) is 0 Å². The average molecular weight is 316 g/mol. The molecule has 126 valence electrons. The molecule has 0 radical (unpaired) electrons. The predicted molar refractivity (Wildman–Crippen MR) is 78.6 cm³/mol. The summed E-state index contributed by atoms with van der Waals surface area (Å²) >= 11 is 0. The number of carbonyl (C=O) groups excluding carboxylic acids is 1. The zero-order valence-electron chi connectivity index (χ0n) is 13.0. The van der Waals surface area contributed by atoms with Crippen molar-refractivity contribution in [1.82, 2.24) is 10.2 Å². The summed E-state index contributed by atoms with van der Waals surface area (Å²) in [5.41, 5.74) is -0.685. The minimum absolute atomic E-state index is 0.0141. The lowest BCUT2D eigenvalue weighted by Gasteiger charge is -2.48. The minimum Gasteiger partial charge on any atom is -0.392 e. The first-order chi connectivity index (χ1) is 10.4. The highest BCUT2D eigenvalue weighted by atomic mass is 19.3. The first-order valence-corrected chi connectivity index (χ1v) is 8.48. The molecule has 2 saturated heterocycles. The van der Waals surface area contributed by atoms with Crippen molar-refractivity contribution < 1.29 is 18.7 Å². The van der Waals surface area contributed by atoms with E-state index in [-0.39, 0.29) is 18.7 Å². The van der Waals surface area contributed by atoms with Gasteiger partial charge in [-0.1, -0.05) is 0 Å². The maximum absolute atomic E-state index is 13.2. The van der Waals surface area contributed by atoms with Crippen LogP contribution in [0.3, 0.4) is 0 Å². The molecular weight excluding hydrogens is 290 g/mol. The quantitative estimate of drug-likeness (QED) is 0.816. The van der Waals surface area contributed by atoms with Crippen molar-refractivity contribution in [2.75, 3.05) is 26.2 Å². The predicted octanol–water partition coefficient (Wildman–Crippen LogP) is 1.77. The molecule has 1 spiro atoms. The van der Waals surface area contributed by atoms with E-state index in [2.05, 4.69) is 10.2 Å². The number of amides is 1. The first-order valence-electron chi connectivity index (χ1n) is 8.48. The van der Waals surface area contributed by atoms with E-state index in [4.69, 9.17) is 0 Å². The molecule has 2 N–H and O–H groups in total. The van der Waals surface area contributed by atoms with Crippen molar-refractivity contribution in [2.45, 2.75) is 57.0 Å². The summed E-state index contributed by atoms with van der Waals surface area (Å²) in [6, 6.07) is 0. The number of halogens is 2. The highest BCUT2D eigenvalue weighted by Crippen LogP contribution is 2.40. The van der Waals surface area contributed by atoms with Gasteiger partial charge in [-0.05, 0) is 38.0 Å². The topological polar surface area (TPSA) is 52.6 Å². The fourth-order valence-electron chi connectivity index (χ4n) is 4.33. The molecule has 0 bridgehead atoms. The van der Waals surface area contributed by atoms with Gasteiger partial charge in [-0.2, -0.15) is 0 Å². The molecule has 1 amide bonds. The van der Waals surface area contributed by atoms with Gasteiger partial charge in [0, 0.05) is 39.0 Å². The lowest BCUT2D eigenvalue weighted by Crippen LogP contribution is -2.61. The summed E-state index contributed by atoms with van der Waals surface area (Å²) in [6.45, 7) is 2.78. The van der Waals surface area contributed by atoms with Crippen LogP contribution in [0.4, 0.5) is 8.78 Å². The van der Waals surface area contributed by atoms with Gasteiger partial charge in [-0.25, -0.2) is 8.78 Å². The molecule has 0 aromatic carbocycles. The molecule has 1 aliphatic carbocycles. The Hall–Kier alpha value is -0.750. The Morgan fingerprint density at radius 3 is 2.64 bits per heavy atom. The number of nitrogens with zero attached hydrogens (tertiary/aromatic N) is 1. The number of hydrogen-bond donors (Lipinski definition) is 2. The van der Waals surface area contributed by atoms with E-state index in [9.17, 15) is 18.7 Å². The summed E-state index contributed by atoms with van der Waals surface area (Å²) in [5, 5.41) is 13.2. The van der Waals surface area contributed by atoms with Crippen LogP contribution in [0.2, 0.25) is 0 Å². The molecule has 22 heavy (non-hydrogen) atoms. The summed E-state index contributed by atoms with van der Waals surface area (Å²) < 4.78 is 26.5. The van der Waals surface area contributed by atoms with Gasteiger partial charge in [0.15, 0.2) is 0 Å². The lowest BCUT2D eigenvalue weighted by molar-refractivity contribution is -0.149. The summed E-state index contributed by atoms with van der Waals surface area (Å²) in [6.07, 6.45) is 2.72. The van der Waals surface area contributed by atoms with Crippen molar-refractivity contribution >= 4 is 5.91 Å². The van der Waals surface area contributed by atoms with Gasteiger partial charge in [0.05, 0.1) is 11.5 Å². The fourth-order valence-corrected chi connectivity index (χ4v) is 4.33. The number of likely N-dealkylation sites (tertiary alicyclic amines) is 1. The number of rotatable bonds is 2. The third kappa shape index (κ3) is 3.13. The average Bonchev–Trinajstić information content (AvgIpc) is 2.48. The molecule has 4 nitrogen and oxygen atoms in total. The van der Waals surface area contributed by atoms with Crippen LogP contribution in [0.1, 0.15) is 44.9 Å². The Morgan fingerprint density at radius 2 is 1.95 bits per heavy atom. The van der Waals surface area contributed by atoms with Crippen LogP contribution in [-0.4, -0.2) is 54.1 Å². The Bertz CT molecular complexity index is 422. The molecule has 0 unspecified atom stereocenters. The highest BCUT2D eigenvalue weighted by molar-refractivity contribution is 5.84. The number of carbonyl (C=O) groups is 1.